The van der Waals surface area contributed by atoms with Crippen molar-refractivity contribution in [3.63, 3.8) is 0 Å². The predicted octanol–water partition coefficient (Wildman–Crippen LogP) is 1.92. The highest BCUT2D eigenvalue weighted by molar-refractivity contribution is 5.72. The zero-order valence-electron chi connectivity index (χ0n) is 9.88. The summed E-state index contributed by atoms with van der Waals surface area (Å²) in [6, 6.07) is 0. The molecule has 0 amide bonds. The number of piperidine rings is 1. The van der Waals surface area contributed by atoms with Crippen LogP contribution < -0.4 is 0 Å². The van der Waals surface area contributed by atoms with E-state index in [1.54, 1.807) is 0 Å². The Morgan fingerprint density at radius 1 is 1.36 bits per heavy atom. The summed E-state index contributed by atoms with van der Waals surface area (Å²) >= 11 is 0. The number of hydrogen-bond donors (Lipinski definition) is 0. The van der Waals surface area contributed by atoms with Crippen molar-refractivity contribution >= 4 is 5.97 Å². The SMILES string of the molecule is CC.CCN1CCC(C(=O)OC)CC1. The molecule has 3 heteroatoms. The van der Waals surface area contributed by atoms with Crippen LogP contribution in [0.4, 0.5) is 0 Å². The van der Waals surface area contributed by atoms with E-state index < -0.39 is 0 Å². The minimum Gasteiger partial charge on any atom is -0.469 e. The normalized spacial score (nSPS) is 18.3. The van der Waals surface area contributed by atoms with Crippen LogP contribution in [-0.2, 0) is 9.53 Å². The lowest BCUT2D eigenvalue weighted by atomic mass is 9.97. The number of carbonyl (C=O) groups is 1. The maximum atomic E-state index is 11.1. The third-order valence-electron chi connectivity index (χ3n) is 2.57. The molecule has 0 aromatic heterocycles. The minimum absolute atomic E-state index is 0.0363. The smallest absolute Gasteiger partial charge is 0.308 e. The van der Waals surface area contributed by atoms with E-state index in [2.05, 4.69) is 11.8 Å². The number of rotatable bonds is 2. The highest BCUT2D eigenvalue weighted by Gasteiger charge is 2.24. The summed E-state index contributed by atoms with van der Waals surface area (Å²) in [5.74, 6) is 0.114. The van der Waals surface area contributed by atoms with E-state index in [1.165, 1.54) is 7.11 Å². The highest BCUT2D eigenvalue weighted by Crippen LogP contribution is 2.17. The van der Waals surface area contributed by atoms with Crippen molar-refractivity contribution in [2.75, 3.05) is 26.7 Å². The van der Waals surface area contributed by atoms with E-state index in [4.69, 9.17) is 4.74 Å². The molecule has 1 aliphatic rings. The van der Waals surface area contributed by atoms with E-state index >= 15 is 0 Å². The van der Waals surface area contributed by atoms with Crippen LogP contribution in [0.25, 0.3) is 0 Å². The van der Waals surface area contributed by atoms with Crippen molar-refractivity contribution in [3.05, 3.63) is 0 Å². The first kappa shape index (κ1) is 13.4. The van der Waals surface area contributed by atoms with E-state index in [1.807, 2.05) is 13.8 Å². The van der Waals surface area contributed by atoms with Crippen molar-refractivity contribution in [1.29, 1.82) is 0 Å². The van der Waals surface area contributed by atoms with Crippen LogP contribution in [0.15, 0.2) is 0 Å². The first-order valence-electron chi connectivity index (χ1n) is 5.58. The maximum absolute atomic E-state index is 11.1. The molecule has 0 unspecified atom stereocenters. The molecule has 0 aromatic rings. The van der Waals surface area contributed by atoms with Crippen molar-refractivity contribution in [3.8, 4) is 0 Å². The molecule has 0 atom stereocenters. The van der Waals surface area contributed by atoms with Crippen molar-refractivity contribution < 1.29 is 9.53 Å². The summed E-state index contributed by atoms with van der Waals surface area (Å²) in [7, 11) is 1.47. The number of methoxy groups -OCH3 is 1. The van der Waals surface area contributed by atoms with Gasteiger partial charge in [0, 0.05) is 0 Å². The number of ether oxygens (including phenoxy) is 1. The lowest BCUT2D eigenvalue weighted by molar-refractivity contribution is -0.147. The zero-order chi connectivity index (χ0) is 11.0. The van der Waals surface area contributed by atoms with E-state index in [9.17, 15) is 4.79 Å². The molecular formula is C11H23NO2. The average molecular weight is 201 g/mol. The molecule has 1 heterocycles. The van der Waals surface area contributed by atoms with E-state index in [0.29, 0.717) is 0 Å². The lowest BCUT2D eigenvalue weighted by Gasteiger charge is -2.29. The molecule has 0 N–H and O–H groups in total. The highest BCUT2D eigenvalue weighted by atomic mass is 16.5. The van der Waals surface area contributed by atoms with Crippen molar-refractivity contribution in [2.45, 2.75) is 33.6 Å². The number of carbonyl (C=O) groups excluding carboxylic acids is 1. The van der Waals surface area contributed by atoms with Crippen LogP contribution in [0, 0.1) is 5.92 Å². The standard InChI is InChI=1S/C9H17NO2.C2H6/c1-3-10-6-4-8(5-7-10)9(11)12-2;1-2/h8H,3-7H2,1-2H3;1-2H3. The first-order chi connectivity index (χ1) is 6.77. The van der Waals surface area contributed by atoms with Gasteiger partial charge in [-0.05, 0) is 32.5 Å². The molecule has 84 valence electrons. The Morgan fingerprint density at radius 3 is 2.21 bits per heavy atom. The predicted molar refractivity (Wildman–Crippen MR) is 58.2 cm³/mol. The molecule has 1 rings (SSSR count). The summed E-state index contributed by atoms with van der Waals surface area (Å²) < 4.78 is 4.70. The average Bonchev–Trinajstić information content (AvgIpc) is 2.31. The van der Waals surface area contributed by atoms with Gasteiger partial charge in [0.05, 0.1) is 13.0 Å². The number of esters is 1. The van der Waals surface area contributed by atoms with Crippen LogP contribution in [0.5, 0.6) is 0 Å². The largest absolute Gasteiger partial charge is 0.469 e. The van der Waals surface area contributed by atoms with Crippen molar-refractivity contribution in [1.82, 2.24) is 4.90 Å². The van der Waals surface area contributed by atoms with E-state index in [-0.39, 0.29) is 11.9 Å². The molecule has 1 aliphatic heterocycles. The van der Waals surface area contributed by atoms with Gasteiger partial charge < -0.3 is 9.64 Å². The van der Waals surface area contributed by atoms with E-state index in [0.717, 1.165) is 32.5 Å². The van der Waals surface area contributed by atoms with Gasteiger partial charge in [0.25, 0.3) is 0 Å². The van der Waals surface area contributed by atoms with Crippen LogP contribution in [0.3, 0.4) is 0 Å². The van der Waals surface area contributed by atoms with Gasteiger partial charge in [-0.3, -0.25) is 4.79 Å². The van der Waals surface area contributed by atoms with Gasteiger partial charge in [-0.25, -0.2) is 0 Å². The number of nitrogens with zero attached hydrogens (tertiary/aromatic N) is 1. The summed E-state index contributed by atoms with van der Waals surface area (Å²) in [4.78, 5) is 13.5. The molecular weight excluding hydrogens is 178 g/mol. The Balaban J connectivity index is 0.000000791. The number of likely N-dealkylation sites (tertiary alicyclic amines) is 1. The minimum atomic E-state index is -0.0363. The zero-order valence-corrected chi connectivity index (χ0v) is 9.88. The first-order valence-corrected chi connectivity index (χ1v) is 5.58. The fourth-order valence-corrected chi connectivity index (χ4v) is 1.65. The monoisotopic (exact) mass is 201 g/mol. The molecule has 1 saturated heterocycles. The summed E-state index contributed by atoms with van der Waals surface area (Å²) in [5.41, 5.74) is 0. The summed E-state index contributed by atoms with van der Waals surface area (Å²) in [6.07, 6.45) is 1.92. The Labute approximate surface area is 87.4 Å². The quantitative estimate of drug-likeness (QED) is 0.639. The maximum Gasteiger partial charge on any atom is 0.308 e. The van der Waals surface area contributed by atoms with Crippen molar-refractivity contribution in [2.24, 2.45) is 5.92 Å². The summed E-state index contributed by atoms with van der Waals surface area (Å²) in [6.45, 7) is 9.32. The second kappa shape index (κ2) is 7.80. The van der Waals surface area contributed by atoms with Crippen LogP contribution in [-0.4, -0.2) is 37.6 Å². The third kappa shape index (κ3) is 4.09. The van der Waals surface area contributed by atoms with Gasteiger partial charge >= 0.3 is 5.97 Å². The van der Waals surface area contributed by atoms with Gasteiger partial charge in [0.15, 0.2) is 0 Å². The van der Waals surface area contributed by atoms with Gasteiger partial charge in [0.1, 0.15) is 0 Å². The fourth-order valence-electron chi connectivity index (χ4n) is 1.65. The molecule has 0 aromatic carbocycles. The fraction of sp³-hybridized carbons (Fsp3) is 0.909. The van der Waals surface area contributed by atoms with Gasteiger partial charge in [-0.15, -0.1) is 0 Å². The van der Waals surface area contributed by atoms with Crippen LogP contribution in [0.2, 0.25) is 0 Å². The Morgan fingerprint density at radius 2 is 1.86 bits per heavy atom. The topological polar surface area (TPSA) is 29.5 Å². The second-order valence-electron chi connectivity index (χ2n) is 3.23. The third-order valence-corrected chi connectivity index (χ3v) is 2.57. The van der Waals surface area contributed by atoms with Crippen LogP contribution in [0.1, 0.15) is 33.6 Å². The summed E-state index contributed by atoms with van der Waals surface area (Å²) in [5, 5.41) is 0. The molecule has 0 bridgehead atoms. The lowest BCUT2D eigenvalue weighted by Crippen LogP contribution is -2.36. The Kier molecular flexibility index (Phi) is 7.48. The van der Waals surface area contributed by atoms with Crippen LogP contribution >= 0.6 is 0 Å². The molecule has 3 nitrogen and oxygen atoms in total. The molecule has 0 saturated carbocycles. The van der Waals surface area contributed by atoms with Gasteiger partial charge in [-0.1, -0.05) is 20.8 Å². The molecule has 14 heavy (non-hydrogen) atoms. The molecule has 0 radical (unpaired) electrons. The molecule has 0 aliphatic carbocycles. The Bertz CT molecular complexity index is 151. The number of hydrogen-bond acceptors (Lipinski definition) is 3. The Hall–Kier alpha value is -0.570. The van der Waals surface area contributed by atoms with Gasteiger partial charge in [0.2, 0.25) is 0 Å². The molecule has 1 fully saturated rings. The van der Waals surface area contributed by atoms with Gasteiger partial charge in [-0.2, -0.15) is 0 Å². The second-order valence-corrected chi connectivity index (χ2v) is 3.23. The molecule has 0 spiro atoms.